The highest BCUT2D eigenvalue weighted by Gasteiger charge is 2.40. The standard InChI is InChI=1S/C23H22O3/c1-23(2)13-18(21(24)16-9-5-6-10-19(16)23)20-15-8-4-3-7-14(15)11-12-17(20)22(25)26/h3-12,18,21,24H,13H2,1-2H3,(H,25,26). The molecule has 0 saturated carbocycles. The number of fused-ring (bicyclic) bond motifs is 2. The summed E-state index contributed by atoms with van der Waals surface area (Å²) >= 11 is 0. The number of carbonyl (C=O) groups is 1. The molecule has 0 spiro atoms. The van der Waals surface area contributed by atoms with Gasteiger partial charge < -0.3 is 10.2 Å². The lowest BCUT2D eigenvalue weighted by molar-refractivity contribution is 0.0690. The first-order valence-electron chi connectivity index (χ1n) is 8.92. The number of hydrogen-bond acceptors (Lipinski definition) is 2. The average Bonchev–Trinajstić information content (AvgIpc) is 2.64. The molecule has 2 atom stereocenters. The molecule has 3 aromatic carbocycles. The minimum Gasteiger partial charge on any atom is -0.478 e. The third-order valence-electron chi connectivity index (χ3n) is 5.69. The molecule has 0 saturated heterocycles. The van der Waals surface area contributed by atoms with Gasteiger partial charge in [0, 0.05) is 5.92 Å². The molecule has 1 aliphatic carbocycles. The summed E-state index contributed by atoms with van der Waals surface area (Å²) in [5, 5.41) is 22.9. The molecule has 0 amide bonds. The van der Waals surface area contributed by atoms with Gasteiger partial charge >= 0.3 is 5.97 Å². The molecule has 132 valence electrons. The number of benzene rings is 3. The molecule has 0 aromatic heterocycles. The van der Waals surface area contributed by atoms with Gasteiger partial charge in [-0.15, -0.1) is 0 Å². The van der Waals surface area contributed by atoms with E-state index in [4.69, 9.17) is 0 Å². The third-order valence-corrected chi connectivity index (χ3v) is 5.69. The molecular weight excluding hydrogens is 324 g/mol. The van der Waals surface area contributed by atoms with Crippen LogP contribution in [0.2, 0.25) is 0 Å². The molecule has 2 N–H and O–H groups in total. The number of carboxylic acid groups (broad SMARTS) is 1. The fourth-order valence-corrected chi connectivity index (χ4v) is 4.50. The Kier molecular flexibility index (Phi) is 3.85. The molecule has 4 rings (SSSR count). The lowest BCUT2D eigenvalue weighted by atomic mass is 9.64. The fraction of sp³-hybridized carbons (Fsp3) is 0.261. The summed E-state index contributed by atoms with van der Waals surface area (Å²) < 4.78 is 0. The average molecular weight is 346 g/mol. The van der Waals surface area contributed by atoms with Crippen molar-refractivity contribution in [2.75, 3.05) is 0 Å². The summed E-state index contributed by atoms with van der Waals surface area (Å²) in [5.74, 6) is -1.22. The van der Waals surface area contributed by atoms with E-state index in [9.17, 15) is 15.0 Å². The Morgan fingerprint density at radius 3 is 2.46 bits per heavy atom. The largest absolute Gasteiger partial charge is 0.478 e. The van der Waals surface area contributed by atoms with Crippen molar-refractivity contribution in [1.29, 1.82) is 0 Å². The van der Waals surface area contributed by atoms with Crippen LogP contribution < -0.4 is 0 Å². The summed E-state index contributed by atoms with van der Waals surface area (Å²) in [6, 6.07) is 19.3. The number of carboxylic acids is 1. The Bertz CT molecular complexity index is 1000. The van der Waals surface area contributed by atoms with Gasteiger partial charge in [-0.2, -0.15) is 0 Å². The van der Waals surface area contributed by atoms with Crippen LogP contribution in [0, 0.1) is 0 Å². The van der Waals surface area contributed by atoms with Crippen LogP contribution in [0.25, 0.3) is 10.8 Å². The zero-order valence-electron chi connectivity index (χ0n) is 14.9. The van der Waals surface area contributed by atoms with E-state index in [1.165, 1.54) is 0 Å². The van der Waals surface area contributed by atoms with E-state index in [-0.39, 0.29) is 16.9 Å². The van der Waals surface area contributed by atoms with E-state index in [1.807, 2.05) is 48.5 Å². The number of aliphatic hydroxyl groups is 1. The monoisotopic (exact) mass is 346 g/mol. The molecule has 26 heavy (non-hydrogen) atoms. The molecule has 0 aliphatic heterocycles. The number of aliphatic hydroxyl groups excluding tert-OH is 1. The molecule has 0 fully saturated rings. The van der Waals surface area contributed by atoms with Gasteiger partial charge in [-0.25, -0.2) is 4.79 Å². The minimum absolute atomic E-state index is 0.146. The molecule has 0 bridgehead atoms. The SMILES string of the molecule is CC1(C)CC(c2c(C(=O)O)ccc3ccccc23)C(O)c2ccccc21. The molecule has 3 aromatic rings. The second kappa shape index (κ2) is 5.96. The van der Waals surface area contributed by atoms with Crippen molar-refractivity contribution in [3.63, 3.8) is 0 Å². The van der Waals surface area contributed by atoms with E-state index < -0.39 is 12.1 Å². The second-order valence-corrected chi connectivity index (χ2v) is 7.78. The van der Waals surface area contributed by atoms with Crippen molar-refractivity contribution in [2.45, 2.75) is 37.7 Å². The van der Waals surface area contributed by atoms with E-state index >= 15 is 0 Å². The van der Waals surface area contributed by atoms with E-state index in [2.05, 4.69) is 19.9 Å². The lowest BCUT2D eigenvalue weighted by Gasteiger charge is -2.41. The summed E-state index contributed by atoms with van der Waals surface area (Å²) in [5.41, 5.74) is 2.92. The van der Waals surface area contributed by atoms with Gasteiger partial charge in [-0.3, -0.25) is 0 Å². The van der Waals surface area contributed by atoms with Crippen molar-refractivity contribution in [2.24, 2.45) is 0 Å². The zero-order valence-corrected chi connectivity index (χ0v) is 14.9. The molecular formula is C23H22O3. The molecule has 3 heteroatoms. The summed E-state index contributed by atoms with van der Waals surface area (Å²) in [6.45, 7) is 4.33. The molecule has 0 radical (unpaired) electrons. The highest BCUT2D eigenvalue weighted by atomic mass is 16.4. The fourth-order valence-electron chi connectivity index (χ4n) is 4.50. The van der Waals surface area contributed by atoms with E-state index in [0.29, 0.717) is 6.42 Å². The molecule has 1 aliphatic rings. The minimum atomic E-state index is -0.949. The first-order chi connectivity index (χ1) is 12.4. The summed E-state index contributed by atoms with van der Waals surface area (Å²) in [7, 11) is 0. The maximum Gasteiger partial charge on any atom is 0.335 e. The van der Waals surface area contributed by atoms with Crippen LogP contribution in [-0.2, 0) is 5.41 Å². The van der Waals surface area contributed by atoms with Gasteiger partial charge in [-0.1, -0.05) is 68.4 Å². The predicted molar refractivity (Wildman–Crippen MR) is 103 cm³/mol. The Hall–Kier alpha value is -2.65. The van der Waals surface area contributed by atoms with Gasteiger partial charge in [0.1, 0.15) is 0 Å². The zero-order chi connectivity index (χ0) is 18.5. The topological polar surface area (TPSA) is 57.5 Å². The van der Waals surface area contributed by atoms with Gasteiger partial charge in [0.05, 0.1) is 11.7 Å². The smallest absolute Gasteiger partial charge is 0.335 e. The van der Waals surface area contributed by atoms with Crippen LogP contribution in [-0.4, -0.2) is 16.2 Å². The lowest BCUT2D eigenvalue weighted by Crippen LogP contribution is -2.32. The molecule has 3 nitrogen and oxygen atoms in total. The normalized spacial score (nSPS) is 21.3. The van der Waals surface area contributed by atoms with Crippen LogP contribution in [0.4, 0.5) is 0 Å². The first kappa shape index (κ1) is 16.8. The highest BCUT2D eigenvalue weighted by Crippen LogP contribution is 2.50. The molecule has 0 heterocycles. The van der Waals surface area contributed by atoms with Gasteiger partial charge in [0.15, 0.2) is 0 Å². The van der Waals surface area contributed by atoms with Crippen LogP contribution in [0.5, 0.6) is 0 Å². The quantitative estimate of drug-likeness (QED) is 0.684. The summed E-state index contributed by atoms with van der Waals surface area (Å²) in [6.07, 6.45) is -0.0254. The highest BCUT2D eigenvalue weighted by molar-refractivity contribution is 5.98. The Labute approximate surface area is 152 Å². The van der Waals surface area contributed by atoms with Crippen LogP contribution >= 0.6 is 0 Å². The van der Waals surface area contributed by atoms with Crippen LogP contribution in [0.1, 0.15) is 59.3 Å². The summed E-state index contributed by atoms with van der Waals surface area (Å²) in [4.78, 5) is 11.9. The van der Waals surface area contributed by atoms with Gasteiger partial charge in [0.2, 0.25) is 0 Å². The van der Waals surface area contributed by atoms with Crippen molar-refractivity contribution in [1.82, 2.24) is 0 Å². The third kappa shape index (κ3) is 2.51. The van der Waals surface area contributed by atoms with Crippen molar-refractivity contribution in [3.8, 4) is 0 Å². The number of hydrogen-bond donors (Lipinski definition) is 2. The van der Waals surface area contributed by atoms with Crippen molar-refractivity contribution >= 4 is 16.7 Å². The molecule has 2 unspecified atom stereocenters. The Balaban J connectivity index is 1.99. The maximum absolute atomic E-state index is 11.9. The Morgan fingerprint density at radius 2 is 1.69 bits per heavy atom. The van der Waals surface area contributed by atoms with E-state index in [0.717, 1.165) is 27.5 Å². The van der Waals surface area contributed by atoms with Crippen molar-refractivity contribution < 1.29 is 15.0 Å². The number of rotatable bonds is 2. The number of aromatic carboxylic acids is 1. The van der Waals surface area contributed by atoms with Crippen LogP contribution in [0.3, 0.4) is 0 Å². The van der Waals surface area contributed by atoms with Crippen LogP contribution in [0.15, 0.2) is 60.7 Å². The predicted octanol–water partition coefficient (Wildman–Crippen LogP) is 5.04. The Morgan fingerprint density at radius 1 is 1.00 bits per heavy atom. The van der Waals surface area contributed by atoms with Crippen molar-refractivity contribution in [3.05, 3.63) is 82.9 Å². The van der Waals surface area contributed by atoms with E-state index in [1.54, 1.807) is 6.07 Å². The van der Waals surface area contributed by atoms with Gasteiger partial charge in [-0.05, 0) is 45.4 Å². The second-order valence-electron chi connectivity index (χ2n) is 7.78. The maximum atomic E-state index is 11.9. The first-order valence-corrected chi connectivity index (χ1v) is 8.92. The van der Waals surface area contributed by atoms with Gasteiger partial charge in [0.25, 0.3) is 0 Å².